The van der Waals surface area contributed by atoms with Crippen LogP contribution in [0.3, 0.4) is 0 Å². The summed E-state index contributed by atoms with van der Waals surface area (Å²) in [5.41, 5.74) is -2.15. The molecule has 2 nitrogen and oxygen atoms in total. The van der Waals surface area contributed by atoms with Crippen LogP contribution in [0.4, 0.5) is 0 Å². The number of hydrogen-bond donors (Lipinski definition) is 0. The van der Waals surface area contributed by atoms with Crippen molar-refractivity contribution in [2.24, 2.45) is 0 Å². The van der Waals surface area contributed by atoms with Gasteiger partial charge in [0.25, 0.3) is 0 Å². The van der Waals surface area contributed by atoms with Crippen LogP contribution in [0.1, 0.15) is 48.0 Å². The lowest BCUT2D eigenvalue weighted by molar-refractivity contribution is 0.186. The van der Waals surface area contributed by atoms with Crippen LogP contribution >= 0.6 is 17.1 Å². The molecule has 1 atom stereocenters. The van der Waals surface area contributed by atoms with Crippen molar-refractivity contribution in [1.29, 1.82) is 0 Å². The van der Waals surface area contributed by atoms with Crippen molar-refractivity contribution in [3.05, 3.63) is 0 Å². The summed E-state index contributed by atoms with van der Waals surface area (Å²) < 4.78 is 11.6. The molecule has 92 valence electrons. The Balaban J connectivity index is 4.47. The van der Waals surface area contributed by atoms with E-state index in [9.17, 15) is 0 Å². The Kier molecular flexibility index (Phi) is 7.73. The maximum absolute atomic E-state index is 5.79. The van der Waals surface area contributed by atoms with Gasteiger partial charge in [-0.3, -0.25) is 0 Å². The minimum Gasteiger partial charge on any atom is -0.319 e. The third kappa shape index (κ3) is 7.76. The van der Waals surface area contributed by atoms with E-state index in [1.165, 1.54) is 0 Å². The average Bonchev–Trinajstić information content (AvgIpc) is 1.99. The highest BCUT2D eigenvalue weighted by molar-refractivity contribution is 8.68. The number of hydrogen-bond acceptors (Lipinski definition) is 4. The van der Waals surface area contributed by atoms with Crippen molar-refractivity contribution in [2.45, 2.75) is 65.4 Å². The van der Waals surface area contributed by atoms with Crippen molar-refractivity contribution in [3.8, 4) is 0 Å². The molecule has 0 N–H and O–H groups in total. The second-order valence-corrected chi connectivity index (χ2v) is 10.6. The van der Waals surface area contributed by atoms with Crippen LogP contribution in [0.5, 0.6) is 0 Å². The summed E-state index contributed by atoms with van der Waals surface area (Å²) in [4.78, 5) is 0. The molecule has 0 saturated heterocycles. The molecule has 0 aromatic heterocycles. The van der Waals surface area contributed by atoms with Gasteiger partial charge in [-0.25, -0.2) is 0 Å². The van der Waals surface area contributed by atoms with E-state index in [1.54, 1.807) is 11.4 Å². The third-order valence-corrected chi connectivity index (χ3v) is 7.54. The zero-order valence-corrected chi connectivity index (χ0v) is 13.0. The molecule has 0 saturated carbocycles. The lowest BCUT2D eigenvalue weighted by Gasteiger charge is -2.27. The van der Waals surface area contributed by atoms with Gasteiger partial charge in [0.1, 0.15) is 0 Å². The molecule has 0 aromatic carbocycles. The van der Waals surface area contributed by atoms with Gasteiger partial charge in [0.05, 0.1) is 12.2 Å². The Bertz CT molecular complexity index is 205. The van der Waals surface area contributed by atoms with E-state index in [-0.39, 0.29) is 12.2 Å². The fourth-order valence-electron chi connectivity index (χ4n) is 0.886. The molecular weight excluding hydrogens is 247 g/mol. The smallest absolute Gasteiger partial charge is 0.248 e. The predicted molar refractivity (Wildman–Crippen MR) is 74.1 cm³/mol. The van der Waals surface area contributed by atoms with Crippen LogP contribution in [0.15, 0.2) is 0 Å². The van der Waals surface area contributed by atoms with Crippen LogP contribution in [0.25, 0.3) is 0 Å². The SMILES string of the molecule is CCC(C)SP(=S)(OC(C)C)OC(C)C. The molecule has 0 aliphatic carbocycles. The lowest BCUT2D eigenvalue weighted by Crippen LogP contribution is -2.07. The molecule has 0 amide bonds. The second kappa shape index (κ2) is 7.29. The molecule has 0 aliphatic rings. The van der Waals surface area contributed by atoms with Crippen LogP contribution in [-0.4, -0.2) is 17.5 Å². The molecule has 0 spiro atoms. The van der Waals surface area contributed by atoms with E-state index in [2.05, 4.69) is 13.8 Å². The highest BCUT2D eigenvalue weighted by Gasteiger charge is 2.25. The van der Waals surface area contributed by atoms with Crippen molar-refractivity contribution >= 4 is 28.9 Å². The fourth-order valence-corrected chi connectivity index (χ4v) is 8.11. The zero-order chi connectivity index (χ0) is 12.1. The summed E-state index contributed by atoms with van der Waals surface area (Å²) in [7, 11) is 0. The van der Waals surface area contributed by atoms with Gasteiger partial charge in [-0.2, -0.15) is 0 Å². The fraction of sp³-hybridized carbons (Fsp3) is 1.00. The molecule has 0 heterocycles. The Morgan fingerprint density at radius 2 is 1.47 bits per heavy atom. The van der Waals surface area contributed by atoms with Crippen molar-refractivity contribution in [2.75, 3.05) is 0 Å². The third-order valence-electron chi connectivity index (χ3n) is 1.56. The number of rotatable bonds is 7. The molecule has 0 aliphatic heterocycles. The molecule has 0 aromatic rings. The van der Waals surface area contributed by atoms with Crippen molar-refractivity contribution in [1.82, 2.24) is 0 Å². The molecule has 1 unspecified atom stereocenters. The lowest BCUT2D eigenvalue weighted by atomic mass is 10.4. The topological polar surface area (TPSA) is 18.5 Å². The maximum Gasteiger partial charge on any atom is 0.248 e. The molecule has 0 fully saturated rings. The van der Waals surface area contributed by atoms with Crippen LogP contribution in [0.2, 0.25) is 0 Å². The summed E-state index contributed by atoms with van der Waals surface area (Å²) in [6.07, 6.45) is 1.35. The zero-order valence-electron chi connectivity index (χ0n) is 10.5. The first-order valence-electron chi connectivity index (χ1n) is 5.44. The highest BCUT2D eigenvalue weighted by Crippen LogP contribution is 2.64. The van der Waals surface area contributed by atoms with E-state index in [4.69, 9.17) is 20.9 Å². The Morgan fingerprint density at radius 3 is 1.73 bits per heavy atom. The minimum absolute atomic E-state index is 0.131. The Hall–Kier alpha value is 0.920. The summed E-state index contributed by atoms with van der Waals surface area (Å²) in [6, 6.07) is 0. The van der Waals surface area contributed by atoms with Crippen LogP contribution in [0, 0.1) is 0 Å². The van der Waals surface area contributed by atoms with E-state index in [0.29, 0.717) is 5.25 Å². The normalized spacial score (nSPS) is 14.9. The van der Waals surface area contributed by atoms with Gasteiger partial charge in [-0.1, -0.05) is 25.2 Å². The first-order valence-corrected chi connectivity index (χ1v) is 9.56. The minimum atomic E-state index is -2.15. The molecule has 15 heavy (non-hydrogen) atoms. The average molecular weight is 270 g/mol. The van der Waals surface area contributed by atoms with Crippen molar-refractivity contribution in [3.63, 3.8) is 0 Å². The van der Waals surface area contributed by atoms with Gasteiger partial charge in [0, 0.05) is 5.25 Å². The summed E-state index contributed by atoms with van der Waals surface area (Å²) in [5, 5.41) is 0.494. The molecule has 5 heteroatoms. The summed E-state index contributed by atoms with van der Waals surface area (Å²) >= 11 is 7.21. The van der Waals surface area contributed by atoms with Gasteiger partial charge in [-0.15, -0.1) is 0 Å². The Morgan fingerprint density at radius 1 is 1.07 bits per heavy atom. The maximum atomic E-state index is 5.79. The van der Waals surface area contributed by atoms with Crippen molar-refractivity contribution < 1.29 is 9.05 Å². The van der Waals surface area contributed by atoms with Gasteiger partial charge < -0.3 is 9.05 Å². The molecule has 0 radical (unpaired) electrons. The van der Waals surface area contributed by atoms with Crippen LogP contribution < -0.4 is 0 Å². The van der Waals surface area contributed by atoms with Gasteiger partial charge in [0.2, 0.25) is 5.69 Å². The van der Waals surface area contributed by atoms with Gasteiger partial charge in [0.15, 0.2) is 0 Å². The summed E-state index contributed by atoms with van der Waals surface area (Å²) in [6.45, 7) is 12.3. The highest BCUT2D eigenvalue weighted by atomic mass is 32.9. The summed E-state index contributed by atoms with van der Waals surface area (Å²) in [5.74, 6) is 0. The standard InChI is InChI=1S/C10H23O2PS2/c1-7-10(6)15-13(14,11-8(2)3)12-9(4)5/h8-10H,7H2,1-6H3. The largest absolute Gasteiger partial charge is 0.319 e. The second-order valence-electron chi connectivity index (χ2n) is 4.08. The molecule has 0 bridgehead atoms. The van der Waals surface area contributed by atoms with E-state index in [1.807, 2.05) is 27.7 Å². The van der Waals surface area contributed by atoms with Crippen LogP contribution in [-0.2, 0) is 20.9 Å². The monoisotopic (exact) mass is 270 g/mol. The predicted octanol–water partition coefficient (Wildman–Crippen LogP) is 4.59. The quantitative estimate of drug-likeness (QED) is 0.629. The van der Waals surface area contributed by atoms with Gasteiger partial charge in [-0.05, 0) is 45.9 Å². The Labute approximate surface area is 103 Å². The van der Waals surface area contributed by atoms with E-state index >= 15 is 0 Å². The van der Waals surface area contributed by atoms with Gasteiger partial charge >= 0.3 is 0 Å². The first kappa shape index (κ1) is 15.9. The molecule has 0 rings (SSSR count). The first-order chi connectivity index (χ1) is 6.79. The molecular formula is C10H23O2PS2. The van der Waals surface area contributed by atoms with E-state index < -0.39 is 5.69 Å². The van der Waals surface area contributed by atoms with E-state index in [0.717, 1.165) is 6.42 Å².